The smallest absolute Gasteiger partial charge is 0.268 e. The van der Waals surface area contributed by atoms with E-state index in [1.807, 2.05) is 86.0 Å². The van der Waals surface area contributed by atoms with E-state index in [0.29, 0.717) is 51.5 Å². The van der Waals surface area contributed by atoms with Gasteiger partial charge >= 0.3 is 0 Å². The van der Waals surface area contributed by atoms with Crippen LogP contribution in [0.25, 0.3) is 72.3 Å². The van der Waals surface area contributed by atoms with E-state index in [2.05, 4.69) is 39.2 Å². The van der Waals surface area contributed by atoms with Crippen LogP contribution in [0.5, 0.6) is 11.5 Å². The minimum absolute atomic E-state index is 0. The molecule has 0 unspecified atom stereocenters. The van der Waals surface area contributed by atoms with E-state index >= 15 is 0 Å². The molecule has 0 atom stereocenters. The van der Waals surface area contributed by atoms with E-state index in [9.17, 15) is 0 Å². The molecule has 3 heterocycles. The molecule has 0 bridgehead atoms. The maximum absolute atomic E-state index is 9.12. The van der Waals surface area contributed by atoms with Crippen molar-refractivity contribution in [3.05, 3.63) is 199 Å². The molecule has 0 radical (unpaired) electrons. The third-order valence-corrected chi connectivity index (χ3v) is 10.5. The summed E-state index contributed by atoms with van der Waals surface area (Å²) in [6.07, 6.45) is 4.07. The minimum Gasteiger partial charge on any atom is -0.510 e. The van der Waals surface area contributed by atoms with Crippen LogP contribution in [0.4, 0.5) is 0 Å². The Balaban J connectivity index is 0.00000706. The molecule has 0 amide bonds. The van der Waals surface area contributed by atoms with Crippen LogP contribution in [-0.4, -0.2) is 14.1 Å². The van der Waals surface area contributed by atoms with Crippen LogP contribution < -0.4 is 9.30 Å². The van der Waals surface area contributed by atoms with Gasteiger partial charge in [-0.2, -0.15) is 18.2 Å². The molecule has 0 aliphatic rings. The van der Waals surface area contributed by atoms with Crippen molar-refractivity contribution in [3.63, 3.8) is 0 Å². The molecule has 320 valence electrons. The molecule has 3 aromatic heterocycles. The molecule has 0 fully saturated rings. The maximum Gasteiger partial charge on any atom is 0.268 e. The number of rotatable bonds is 9. The van der Waals surface area contributed by atoms with Gasteiger partial charge in [0.05, 0.1) is 30.4 Å². The van der Waals surface area contributed by atoms with Gasteiger partial charge in [-0.25, -0.2) is 4.98 Å². The first-order valence-electron chi connectivity index (χ1n) is 26.8. The van der Waals surface area contributed by atoms with Gasteiger partial charge in [0.25, 0.3) is 6.33 Å². The van der Waals surface area contributed by atoms with Crippen LogP contribution in [-0.2, 0) is 33.9 Å². The molecule has 0 aliphatic carbocycles. The SMILES string of the molecule is [2H]c1c([2H])c([2H])c(-c2cccc(-c3c([2H])c([2H])c([2H])c([2H])c3[2H])c2-[n+]2[c-]n(-c3[c-]c(Oc4[c-]c5c(cc4)c4ccccc4n5-c4cc(C([2H])([2H])C(C)(C)C)ccn4)ccc3)c3ccc(CC(C)(C)C)cc32)c([2H])c1[2H].[Pt]. The topological polar surface area (TPSA) is 35.9 Å². The Kier molecular flexibility index (Phi) is 8.20. The zero-order valence-corrected chi connectivity index (χ0v) is 38.4. The fourth-order valence-electron chi connectivity index (χ4n) is 8.15. The van der Waals surface area contributed by atoms with Crippen LogP contribution >= 0.6 is 0 Å². The zero-order valence-electron chi connectivity index (χ0n) is 48.1. The number of aromatic nitrogens is 4. The molecule has 5 nitrogen and oxygen atoms in total. The molecule has 0 N–H and O–H groups in total. The molecule has 64 heavy (non-hydrogen) atoms. The van der Waals surface area contributed by atoms with Crippen molar-refractivity contribution in [2.24, 2.45) is 10.8 Å². The van der Waals surface area contributed by atoms with Crippen molar-refractivity contribution in [1.29, 1.82) is 0 Å². The van der Waals surface area contributed by atoms with Gasteiger partial charge in [0.15, 0.2) is 0 Å². The Morgan fingerprint density at radius 2 is 1.34 bits per heavy atom. The molecule has 0 spiro atoms. The van der Waals surface area contributed by atoms with Crippen LogP contribution in [0.2, 0.25) is 0 Å². The maximum atomic E-state index is 9.12. The van der Waals surface area contributed by atoms with Crippen molar-refractivity contribution in [2.75, 3.05) is 0 Å². The van der Waals surface area contributed by atoms with Crippen LogP contribution in [0.3, 0.4) is 0 Å². The van der Waals surface area contributed by atoms with Gasteiger partial charge < -0.3 is 13.9 Å². The monoisotopic (exact) mass is 1030 g/mol. The molecule has 0 saturated heterocycles. The number of fused-ring (bicyclic) bond motifs is 4. The van der Waals surface area contributed by atoms with Crippen LogP contribution in [0, 0.1) is 29.3 Å². The largest absolute Gasteiger partial charge is 0.510 e. The third-order valence-electron chi connectivity index (χ3n) is 10.5. The molecule has 7 aromatic carbocycles. The fraction of sp³-hybridized carbons (Fsp3) is 0.172. The second kappa shape index (κ2) is 17.2. The van der Waals surface area contributed by atoms with Crippen LogP contribution in [0.1, 0.15) is 69.1 Å². The van der Waals surface area contributed by atoms with Gasteiger partial charge in [-0.05, 0) is 86.8 Å². The van der Waals surface area contributed by atoms with E-state index in [1.54, 1.807) is 57.8 Å². The Morgan fingerprint density at radius 1 is 0.656 bits per heavy atom. The quantitative estimate of drug-likeness (QED) is 0.107. The van der Waals surface area contributed by atoms with Crippen molar-refractivity contribution in [2.45, 2.75) is 54.3 Å². The third kappa shape index (κ3) is 8.58. The van der Waals surface area contributed by atoms with Crippen molar-refractivity contribution < 1.29 is 46.8 Å². The van der Waals surface area contributed by atoms with E-state index in [-0.39, 0.29) is 54.4 Å². The predicted molar refractivity (Wildman–Crippen MR) is 257 cm³/mol. The summed E-state index contributed by atoms with van der Waals surface area (Å²) in [5.74, 6) is 1.19. The Labute approximate surface area is 407 Å². The molecule has 10 rings (SSSR count). The Hall–Kier alpha value is -6.55. The van der Waals surface area contributed by atoms with E-state index in [0.717, 1.165) is 21.9 Å². The summed E-state index contributed by atoms with van der Waals surface area (Å²) in [5, 5.41) is 1.84. The van der Waals surface area contributed by atoms with Gasteiger partial charge in [0.1, 0.15) is 5.82 Å². The van der Waals surface area contributed by atoms with E-state index in [1.165, 1.54) is 0 Å². The second-order valence-corrected chi connectivity index (χ2v) is 17.8. The first kappa shape index (κ1) is 30.5. The number of benzene rings is 7. The first-order valence-corrected chi connectivity index (χ1v) is 20.8. The Morgan fingerprint density at radius 3 is 2.05 bits per heavy atom. The van der Waals surface area contributed by atoms with Crippen molar-refractivity contribution in [1.82, 2.24) is 14.1 Å². The number of pyridine rings is 1. The molecule has 0 aliphatic heterocycles. The first-order chi connectivity index (χ1) is 35.4. The van der Waals surface area contributed by atoms with Gasteiger partial charge in [-0.1, -0.05) is 162 Å². The van der Waals surface area contributed by atoms with E-state index in [4.69, 9.17) is 26.2 Å². The molecule has 10 aromatic rings. The van der Waals surface area contributed by atoms with Gasteiger partial charge in [-0.3, -0.25) is 4.57 Å². The molecular weight excluding hydrogens is 964 g/mol. The second-order valence-electron chi connectivity index (χ2n) is 17.8. The zero-order chi connectivity index (χ0) is 53.8. The fourth-order valence-corrected chi connectivity index (χ4v) is 8.15. The number of ether oxygens (including phenoxy) is 1. The molecule has 0 saturated carbocycles. The summed E-state index contributed by atoms with van der Waals surface area (Å²) in [7, 11) is 0. The van der Waals surface area contributed by atoms with Gasteiger partial charge in [-0.15, -0.1) is 29.7 Å². The summed E-state index contributed by atoms with van der Waals surface area (Å²) in [6.45, 7) is 12.0. The number of imidazole rings is 1. The average Bonchev–Trinajstić information content (AvgIpc) is 3.93. The number of hydrogen-bond donors (Lipinski definition) is 0. The van der Waals surface area contributed by atoms with Crippen molar-refractivity contribution in [3.8, 4) is 50.9 Å². The normalized spacial score (nSPS) is 14.8. The van der Waals surface area contributed by atoms with Gasteiger partial charge in [0.2, 0.25) is 0 Å². The number of para-hydroxylation sites is 2. The minimum atomic E-state index is -1.67. The number of hydrogen-bond acceptors (Lipinski definition) is 2. The summed E-state index contributed by atoms with van der Waals surface area (Å²) in [4.78, 5) is 4.73. The summed E-state index contributed by atoms with van der Waals surface area (Å²) < 4.78 is 118. The summed E-state index contributed by atoms with van der Waals surface area (Å²) >= 11 is 0. The average molecular weight is 1030 g/mol. The van der Waals surface area contributed by atoms with Crippen molar-refractivity contribution >= 4 is 32.8 Å². The number of nitrogens with zero attached hydrogens (tertiary/aromatic N) is 4. The standard InChI is InChI=1S/C58H50N4O.Pt/c1-57(2,3)37-40-27-30-52-54(33-40)61(56-47(42-17-9-7-10-18-42)24-16-25-48(56)43-19-11-8-12-20-43)39-60(52)44-21-15-22-45(35-44)63-46-28-29-50-49-23-13-14-26-51(49)62(53(50)36-46)55-34-41(31-32-59-55)38-58(4,5)6;/h7-34H,37-38H2,1-6H3;/q-2;/i7D,8D,9D,10D,11D,12D,17D,18D,19D,20D,38D2;. The van der Waals surface area contributed by atoms with Crippen LogP contribution in [0.15, 0.2) is 170 Å². The summed E-state index contributed by atoms with van der Waals surface area (Å²) in [6, 6.07) is 32.7. The molecule has 6 heteroatoms. The van der Waals surface area contributed by atoms with E-state index < -0.39 is 72.2 Å². The molecular formula is C58H50N4OPt-2. The Bertz CT molecular complexity index is 3840. The summed E-state index contributed by atoms with van der Waals surface area (Å²) in [5.41, 5.74) is 3.86. The predicted octanol–water partition coefficient (Wildman–Crippen LogP) is 14.1. The van der Waals surface area contributed by atoms with Gasteiger partial charge in [0, 0.05) is 47.0 Å².